The second-order valence-corrected chi connectivity index (χ2v) is 4.86. The van der Waals surface area contributed by atoms with Crippen molar-refractivity contribution in [3.05, 3.63) is 0 Å². The topological polar surface area (TPSA) is 20.2 Å². The summed E-state index contributed by atoms with van der Waals surface area (Å²) in [5, 5.41) is 9.99. The first-order valence-electron chi connectivity index (χ1n) is 5.45. The zero-order valence-corrected chi connectivity index (χ0v) is 8.00. The van der Waals surface area contributed by atoms with Gasteiger partial charge >= 0.3 is 0 Å². The van der Waals surface area contributed by atoms with E-state index in [-0.39, 0.29) is 6.10 Å². The van der Waals surface area contributed by atoms with Crippen LogP contribution in [0.2, 0.25) is 0 Å². The minimum absolute atomic E-state index is 0.0451. The fraction of sp³-hybridized carbons (Fsp3) is 1.00. The molecule has 1 nitrogen and oxygen atoms in total. The Balaban J connectivity index is 1.83. The summed E-state index contributed by atoms with van der Waals surface area (Å²) in [6.45, 7) is 2.31. The van der Waals surface area contributed by atoms with Crippen LogP contribution >= 0.6 is 0 Å². The molecule has 0 bridgehead atoms. The Bertz CT molecular complexity index is 151. The van der Waals surface area contributed by atoms with Crippen molar-refractivity contribution < 1.29 is 5.11 Å². The molecule has 2 saturated carbocycles. The van der Waals surface area contributed by atoms with Gasteiger partial charge in [-0.2, -0.15) is 0 Å². The van der Waals surface area contributed by atoms with Crippen LogP contribution in [0, 0.1) is 17.8 Å². The van der Waals surface area contributed by atoms with Crippen molar-refractivity contribution in [2.45, 2.75) is 51.6 Å². The Hall–Kier alpha value is -0.0400. The predicted octanol–water partition coefficient (Wildman–Crippen LogP) is 2.58. The van der Waals surface area contributed by atoms with Crippen molar-refractivity contribution >= 4 is 0 Å². The molecule has 0 radical (unpaired) electrons. The van der Waals surface area contributed by atoms with Gasteiger partial charge in [-0.3, -0.25) is 0 Å². The lowest BCUT2D eigenvalue weighted by Gasteiger charge is -2.33. The van der Waals surface area contributed by atoms with Crippen LogP contribution in [0.15, 0.2) is 0 Å². The Kier molecular flexibility index (Phi) is 2.40. The third kappa shape index (κ3) is 1.52. The van der Waals surface area contributed by atoms with Gasteiger partial charge in [0, 0.05) is 0 Å². The number of aliphatic hydroxyl groups is 1. The van der Waals surface area contributed by atoms with Crippen LogP contribution in [-0.4, -0.2) is 11.2 Å². The molecule has 70 valence electrons. The lowest BCUT2D eigenvalue weighted by atomic mass is 9.76. The standard InChI is InChI=1S/C11H20O/c1-8-5-6-10(7-8)11(12)9-3-2-4-9/h8-12H,2-7H2,1H3. The van der Waals surface area contributed by atoms with E-state index >= 15 is 0 Å². The van der Waals surface area contributed by atoms with Gasteiger partial charge in [-0.15, -0.1) is 0 Å². The molecule has 2 aliphatic rings. The molecule has 0 spiro atoms. The van der Waals surface area contributed by atoms with Crippen LogP contribution in [0.5, 0.6) is 0 Å². The molecule has 0 heterocycles. The van der Waals surface area contributed by atoms with Crippen molar-refractivity contribution in [2.75, 3.05) is 0 Å². The van der Waals surface area contributed by atoms with Gasteiger partial charge in [-0.1, -0.05) is 19.8 Å². The van der Waals surface area contributed by atoms with Crippen molar-refractivity contribution in [3.8, 4) is 0 Å². The highest BCUT2D eigenvalue weighted by Gasteiger charge is 2.34. The molecule has 1 N–H and O–H groups in total. The molecule has 0 aliphatic heterocycles. The Morgan fingerprint density at radius 1 is 1.08 bits per heavy atom. The fourth-order valence-corrected chi connectivity index (χ4v) is 2.73. The zero-order valence-electron chi connectivity index (χ0n) is 8.00. The number of aliphatic hydroxyl groups excluding tert-OH is 1. The average Bonchev–Trinajstić information content (AvgIpc) is 2.31. The smallest absolute Gasteiger partial charge is 0.0596 e. The number of hydrogen-bond donors (Lipinski definition) is 1. The second-order valence-electron chi connectivity index (χ2n) is 4.86. The maximum absolute atomic E-state index is 9.99. The third-order valence-electron chi connectivity index (χ3n) is 3.85. The van der Waals surface area contributed by atoms with Crippen molar-refractivity contribution in [1.29, 1.82) is 0 Å². The van der Waals surface area contributed by atoms with Gasteiger partial charge in [0.05, 0.1) is 6.10 Å². The molecule has 2 rings (SSSR count). The van der Waals surface area contributed by atoms with Crippen molar-refractivity contribution in [1.82, 2.24) is 0 Å². The summed E-state index contributed by atoms with van der Waals surface area (Å²) in [6, 6.07) is 0. The van der Waals surface area contributed by atoms with E-state index in [1.54, 1.807) is 0 Å². The molecule has 3 unspecified atom stereocenters. The Morgan fingerprint density at radius 2 is 1.83 bits per heavy atom. The molecular formula is C11H20O. The molecule has 0 aromatic rings. The first-order chi connectivity index (χ1) is 5.77. The van der Waals surface area contributed by atoms with Gasteiger partial charge < -0.3 is 5.11 Å². The monoisotopic (exact) mass is 168 g/mol. The highest BCUT2D eigenvalue weighted by atomic mass is 16.3. The highest BCUT2D eigenvalue weighted by Crippen LogP contribution is 2.40. The van der Waals surface area contributed by atoms with E-state index in [1.807, 2.05) is 0 Å². The van der Waals surface area contributed by atoms with E-state index in [2.05, 4.69) is 6.92 Å². The summed E-state index contributed by atoms with van der Waals surface area (Å²) in [6.07, 6.45) is 7.86. The molecule has 2 fully saturated rings. The molecule has 0 amide bonds. The van der Waals surface area contributed by atoms with E-state index in [9.17, 15) is 5.11 Å². The first-order valence-corrected chi connectivity index (χ1v) is 5.45. The third-order valence-corrected chi connectivity index (χ3v) is 3.85. The summed E-state index contributed by atoms with van der Waals surface area (Å²) < 4.78 is 0. The quantitative estimate of drug-likeness (QED) is 0.672. The second kappa shape index (κ2) is 3.37. The van der Waals surface area contributed by atoms with Crippen LogP contribution in [-0.2, 0) is 0 Å². The Morgan fingerprint density at radius 3 is 2.25 bits per heavy atom. The molecule has 12 heavy (non-hydrogen) atoms. The van der Waals surface area contributed by atoms with Gasteiger partial charge in [0.2, 0.25) is 0 Å². The molecule has 1 heteroatoms. The first kappa shape index (κ1) is 8.55. The minimum Gasteiger partial charge on any atom is -0.393 e. The normalized spacial score (nSPS) is 39.5. The molecule has 3 atom stereocenters. The maximum atomic E-state index is 9.99. The van der Waals surface area contributed by atoms with Gasteiger partial charge in [0.25, 0.3) is 0 Å². The van der Waals surface area contributed by atoms with Gasteiger partial charge in [0.1, 0.15) is 0 Å². The largest absolute Gasteiger partial charge is 0.393 e. The fourth-order valence-electron chi connectivity index (χ4n) is 2.73. The van der Waals surface area contributed by atoms with Crippen molar-refractivity contribution in [3.63, 3.8) is 0 Å². The molecule has 0 aromatic heterocycles. The average molecular weight is 168 g/mol. The summed E-state index contributed by atoms with van der Waals surface area (Å²) in [5.41, 5.74) is 0. The summed E-state index contributed by atoms with van der Waals surface area (Å²) in [4.78, 5) is 0. The SMILES string of the molecule is CC1CCC(C(O)C2CCC2)C1. The zero-order chi connectivity index (χ0) is 8.55. The van der Waals surface area contributed by atoms with Crippen LogP contribution < -0.4 is 0 Å². The van der Waals surface area contributed by atoms with Gasteiger partial charge in [-0.25, -0.2) is 0 Å². The Labute approximate surface area is 75.2 Å². The number of rotatable bonds is 2. The van der Waals surface area contributed by atoms with Gasteiger partial charge in [0.15, 0.2) is 0 Å². The van der Waals surface area contributed by atoms with E-state index < -0.39 is 0 Å². The van der Waals surface area contributed by atoms with Crippen LogP contribution in [0.4, 0.5) is 0 Å². The molecule has 2 aliphatic carbocycles. The maximum Gasteiger partial charge on any atom is 0.0596 e. The minimum atomic E-state index is 0.0451. The molecule has 0 aromatic carbocycles. The van der Waals surface area contributed by atoms with Gasteiger partial charge in [-0.05, 0) is 43.4 Å². The summed E-state index contributed by atoms with van der Waals surface area (Å²) in [5.74, 6) is 2.18. The van der Waals surface area contributed by atoms with E-state index in [1.165, 1.54) is 38.5 Å². The van der Waals surface area contributed by atoms with E-state index in [0.29, 0.717) is 11.8 Å². The van der Waals surface area contributed by atoms with E-state index in [4.69, 9.17) is 0 Å². The number of hydrogen-bond acceptors (Lipinski definition) is 1. The lowest BCUT2D eigenvalue weighted by molar-refractivity contribution is 0.0159. The van der Waals surface area contributed by atoms with Crippen LogP contribution in [0.25, 0.3) is 0 Å². The predicted molar refractivity (Wildman–Crippen MR) is 49.9 cm³/mol. The van der Waals surface area contributed by atoms with Crippen molar-refractivity contribution in [2.24, 2.45) is 17.8 Å². The molecule has 0 saturated heterocycles. The molecular weight excluding hydrogens is 148 g/mol. The van der Waals surface area contributed by atoms with Crippen LogP contribution in [0.1, 0.15) is 45.4 Å². The highest BCUT2D eigenvalue weighted by molar-refractivity contribution is 4.86. The van der Waals surface area contributed by atoms with E-state index in [0.717, 1.165) is 5.92 Å². The lowest BCUT2D eigenvalue weighted by Crippen LogP contribution is -2.32. The summed E-state index contributed by atoms with van der Waals surface area (Å²) >= 11 is 0. The van der Waals surface area contributed by atoms with Crippen LogP contribution in [0.3, 0.4) is 0 Å². The summed E-state index contributed by atoms with van der Waals surface area (Å²) in [7, 11) is 0.